The molecule has 2 heterocycles. The summed E-state index contributed by atoms with van der Waals surface area (Å²) in [6, 6.07) is 18.7. The Balaban J connectivity index is 0.00000240. The number of anilines is 1. The van der Waals surface area contributed by atoms with Crippen molar-refractivity contribution in [2.45, 2.75) is 52.7 Å². The highest BCUT2D eigenvalue weighted by molar-refractivity contribution is 5.92. The van der Waals surface area contributed by atoms with Gasteiger partial charge in [-0.2, -0.15) is 0 Å². The smallest absolute Gasteiger partial charge is 0.269 e. The number of carbonyl (C=O) groups is 1. The number of nitrogens with zero attached hydrogens (tertiary/aromatic N) is 3. The van der Waals surface area contributed by atoms with Crippen LogP contribution in [0.1, 0.15) is 31.7 Å². The van der Waals surface area contributed by atoms with Crippen LogP contribution in [-0.4, -0.2) is 16.5 Å². The molecule has 0 unspecified atom stereocenters. The van der Waals surface area contributed by atoms with Crippen molar-refractivity contribution in [3.63, 3.8) is 0 Å². The number of aryl methyl sites for hydroxylation is 1. The van der Waals surface area contributed by atoms with Crippen molar-refractivity contribution >= 4 is 11.6 Å². The minimum absolute atomic E-state index is 0. The summed E-state index contributed by atoms with van der Waals surface area (Å²) in [6.45, 7) is 7.63. The zero-order valence-corrected chi connectivity index (χ0v) is 18.1. The van der Waals surface area contributed by atoms with E-state index in [1.54, 1.807) is 0 Å². The number of carbonyl (C=O) groups excluding carboxylic acids is 1. The lowest BCUT2D eigenvalue weighted by Gasteiger charge is -2.26. The molecule has 1 aliphatic rings. The first-order valence-corrected chi connectivity index (χ1v) is 10.1. The van der Waals surface area contributed by atoms with Gasteiger partial charge in [-0.1, -0.05) is 48.0 Å². The summed E-state index contributed by atoms with van der Waals surface area (Å²) >= 11 is 0. The van der Waals surface area contributed by atoms with Crippen molar-refractivity contribution in [2.24, 2.45) is 0 Å². The van der Waals surface area contributed by atoms with E-state index in [1.165, 1.54) is 22.6 Å². The third-order valence-corrected chi connectivity index (χ3v) is 5.47. The Bertz CT molecular complexity index is 977. The molecule has 0 spiro atoms. The van der Waals surface area contributed by atoms with Crippen molar-refractivity contribution in [3.05, 3.63) is 72.2 Å². The van der Waals surface area contributed by atoms with Gasteiger partial charge in [0.15, 0.2) is 12.2 Å². The maximum atomic E-state index is 13.2. The van der Waals surface area contributed by atoms with E-state index < -0.39 is 0 Å². The molecule has 0 radical (unpaired) electrons. The molecule has 0 atom stereocenters. The second-order valence-electron chi connectivity index (χ2n) is 7.87. The van der Waals surface area contributed by atoms with Crippen LogP contribution in [-0.2, 0) is 24.3 Å². The van der Waals surface area contributed by atoms with Crippen LogP contribution in [0.15, 0.2) is 60.8 Å². The first-order chi connectivity index (χ1) is 13.5. The molecule has 0 N–H and O–H groups in total. The molecule has 1 aromatic heterocycles. The molecule has 0 bridgehead atoms. The van der Waals surface area contributed by atoms with Crippen LogP contribution < -0.4 is 21.9 Å². The van der Waals surface area contributed by atoms with E-state index in [0.717, 1.165) is 25.1 Å². The predicted octanol–water partition coefficient (Wildman–Crippen LogP) is 1.14. The molecular formula is C24H28ClN3O. The van der Waals surface area contributed by atoms with Crippen molar-refractivity contribution < 1.29 is 21.8 Å². The summed E-state index contributed by atoms with van der Waals surface area (Å²) < 4.78 is 4.53. The Morgan fingerprint density at radius 2 is 1.79 bits per heavy atom. The quantitative estimate of drug-likeness (QED) is 0.581. The summed E-state index contributed by atoms with van der Waals surface area (Å²) in [7, 11) is 0. The van der Waals surface area contributed by atoms with Crippen molar-refractivity contribution in [1.29, 1.82) is 0 Å². The van der Waals surface area contributed by atoms with Crippen LogP contribution >= 0.6 is 0 Å². The third kappa shape index (κ3) is 4.23. The van der Waals surface area contributed by atoms with E-state index in [-0.39, 0.29) is 24.4 Å². The lowest BCUT2D eigenvalue weighted by atomic mass is 10.1. The zero-order chi connectivity index (χ0) is 19.7. The fourth-order valence-electron chi connectivity index (χ4n) is 4.14. The number of para-hydroxylation sites is 1. The Hall–Kier alpha value is -2.59. The molecule has 0 saturated carbocycles. The SMILES string of the molecule is Cc1ccc(-c2c[n+](CC(=O)N(c3ccccc3)C(C)C)c3n2CCC3)cc1.[Cl-]. The lowest BCUT2D eigenvalue weighted by Crippen LogP contribution is -3.00. The van der Waals surface area contributed by atoms with E-state index in [4.69, 9.17) is 0 Å². The minimum Gasteiger partial charge on any atom is -1.00 e. The average molecular weight is 410 g/mol. The molecule has 1 amide bonds. The summed E-state index contributed by atoms with van der Waals surface area (Å²) in [6.07, 6.45) is 4.31. The summed E-state index contributed by atoms with van der Waals surface area (Å²) in [4.78, 5) is 15.1. The molecule has 29 heavy (non-hydrogen) atoms. The average Bonchev–Trinajstić information content (AvgIpc) is 3.27. The van der Waals surface area contributed by atoms with Crippen molar-refractivity contribution in [1.82, 2.24) is 4.57 Å². The van der Waals surface area contributed by atoms with Gasteiger partial charge in [0, 0.05) is 17.3 Å². The topological polar surface area (TPSA) is 29.1 Å². The van der Waals surface area contributed by atoms with E-state index >= 15 is 0 Å². The molecule has 4 nitrogen and oxygen atoms in total. The highest BCUT2D eigenvalue weighted by atomic mass is 35.5. The minimum atomic E-state index is 0. The second-order valence-corrected chi connectivity index (χ2v) is 7.87. The van der Waals surface area contributed by atoms with Crippen LogP contribution in [0.4, 0.5) is 5.69 Å². The Morgan fingerprint density at radius 3 is 2.45 bits per heavy atom. The van der Waals surface area contributed by atoms with Gasteiger partial charge in [0.1, 0.15) is 6.20 Å². The second kappa shape index (κ2) is 8.83. The standard InChI is InChI=1S/C24H28N3O.ClH/c1-18(2)27(21-8-5-4-6-9-21)24(28)17-25-16-22(26-15-7-10-23(25)26)20-13-11-19(3)12-14-20;/h4-6,8-9,11-14,16,18H,7,10,15,17H2,1-3H3;1H/q+1;/p-1. The normalized spacial score (nSPS) is 12.6. The molecule has 5 heteroatoms. The molecule has 1 aliphatic heterocycles. The van der Waals surface area contributed by atoms with Gasteiger partial charge in [0.25, 0.3) is 11.7 Å². The van der Waals surface area contributed by atoms with Crippen LogP contribution in [0.3, 0.4) is 0 Å². The van der Waals surface area contributed by atoms with Gasteiger partial charge >= 0.3 is 0 Å². The molecule has 0 saturated heterocycles. The highest BCUT2D eigenvalue weighted by Crippen LogP contribution is 2.25. The van der Waals surface area contributed by atoms with Gasteiger partial charge in [-0.25, -0.2) is 9.13 Å². The molecule has 2 aromatic carbocycles. The number of rotatable bonds is 5. The van der Waals surface area contributed by atoms with Gasteiger partial charge in [-0.15, -0.1) is 0 Å². The number of aromatic nitrogens is 2. The summed E-state index contributed by atoms with van der Waals surface area (Å²) in [5, 5.41) is 0. The van der Waals surface area contributed by atoms with E-state index in [2.05, 4.69) is 60.4 Å². The van der Waals surface area contributed by atoms with Gasteiger partial charge < -0.3 is 17.3 Å². The molecular weight excluding hydrogens is 382 g/mol. The monoisotopic (exact) mass is 409 g/mol. The van der Waals surface area contributed by atoms with Crippen molar-refractivity contribution in [3.8, 4) is 11.3 Å². The third-order valence-electron chi connectivity index (χ3n) is 5.47. The number of halogens is 1. The summed E-state index contributed by atoms with van der Waals surface area (Å²) in [5.74, 6) is 1.38. The summed E-state index contributed by atoms with van der Waals surface area (Å²) in [5.41, 5.74) is 4.63. The van der Waals surface area contributed by atoms with Gasteiger partial charge in [0.05, 0.1) is 13.0 Å². The van der Waals surface area contributed by atoms with Gasteiger partial charge in [-0.05, 0) is 39.3 Å². The molecule has 3 aromatic rings. The fourth-order valence-corrected chi connectivity index (χ4v) is 4.14. The van der Waals surface area contributed by atoms with E-state index in [0.29, 0.717) is 6.54 Å². The van der Waals surface area contributed by atoms with Crippen LogP contribution in [0.5, 0.6) is 0 Å². The fraction of sp³-hybridized carbons (Fsp3) is 0.333. The number of imidazole rings is 1. The highest BCUT2D eigenvalue weighted by Gasteiger charge is 2.31. The Labute approximate surface area is 179 Å². The van der Waals surface area contributed by atoms with Gasteiger partial charge in [-0.3, -0.25) is 4.79 Å². The zero-order valence-electron chi connectivity index (χ0n) is 17.3. The molecule has 0 aliphatic carbocycles. The first kappa shape index (κ1) is 21.1. The number of hydrogen-bond acceptors (Lipinski definition) is 1. The largest absolute Gasteiger partial charge is 1.00 e. The number of hydrogen-bond donors (Lipinski definition) is 0. The number of benzene rings is 2. The van der Waals surface area contributed by atoms with Crippen LogP contribution in [0.25, 0.3) is 11.3 Å². The van der Waals surface area contributed by atoms with E-state index in [9.17, 15) is 4.79 Å². The molecule has 152 valence electrons. The predicted molar refractivity (Wildman–Crippen MR) is 112 cm³/mol. The number of fused-ring (bicyclic) bond motifs is 1. The lowest BCUT2D eigenvalue weighted by molar-refractivity contribution is -0.690. The molecule has 0 fully saturated rings. The first-order valence-electron chi connectivity index (χ1n) is 10.1. The molecule has 4 rings (SSSR count). The maximum absolute atomic E-state index is 13.2. The Morgan fingerprint density at radius 1 is 1.10 bits per heavy atom. The van der Waals surface area contributed by atoms with Crippen molar-refractivity contribution in [2.75, 3.05) is 4.90 Å². The van der Waals surface area contributed by atoms with Crippen LogP contribution in [0, 0.1) is 6.92 Å². The maximum Gasteiger partial charge on any atom is 0.269 e. The number of amides is 1. The van der Waals surface area contributed by atoms with E-state index in [1.807, 2.05) is 35.2 Å². The van der Waals surface area contributed by atoms with Crippen LogP contribution in [0.2, 0.25) is 0 Å². The Kier molecular flexibility index (Phi) is 6.43. The van der Waals surface area contributed by atoms with Gasteiger partial charge in [0.2, 0.25) is 0 Å².